The minimum absolute atomic E-state index is 0.00285. The number of aldehydes is 1. The van der Waals surface area contributed by atoms with Gasteiger partial charge in [0.1, 0.15) is 6.29 Å². The van der Waals surface area contributed by atoms with Gasteiger partial charge in [-0.05, 0) is 26.0 Å². The second-order valence-electron chi connectivity index (χ2n) is 4.04. The van der Waals surface area contributed by atoms with Crippen molar-refractivity contribution in [2.24, 2.45) is 0 Å². The molecule has 18 heavy (non-hydrogen) atoms. The van der Waals surface area contributed by atoms with Crippen LogP contribution in [0, 0.1) is 0 Å². The van der Waals surface area contributed by atoms with Crippen LogP contribution >= 0.6 is 0 Å². The average molecular weight is 249 g/mol. The summed E-state index contributed by atoms with van der Waals surface area (Å²) in [5.41, 5.74) is 0.780. The summed E-state index contributed by atoms with van der Waals surface area (Å²) in [6, 6.07) is 5.98. The quantitative estimate of drug-likeness (QED) is 0.628. The van der Waals surface area contributed by atoms with Gasteiger partial charge >= 0.3 is 5.97 Å². The second-order valence-corrected chi connectivity index (χ2v) is 4.04. The van der Waals surface area contributed by atoms with E-state index < -0.39 is 5.97 Å². The number of esters is 1. The average Bonchev–Trinajstić information content (AvgIpc) is 2.35. The number of amides is 1. The second kappa shape index (κ2) is 6.54. The monoisotopic (exact) mass is 249 g/mol. The third-order valence-electron chi connectivity index (χ3n) is 2.07. The molecule has 1 amide bonds. The van der Waals surface area contributed by atoms with Crippen molar-refractivity contribution in [3.63, 3.8) is 0 Å². The van der Waals surface area contributed by atoms with Gasteiger partial charge in [0, 0.05) is 11.6 Å². The third kappa shape index (κ3) is 4.37. The van der Waals surface area contributed by atoms with E-state index in [-0.39, 0.29) is 18.6 Å². The molecule has 0 atom stereocenters. The van der Waals surface area contributed by atoms with Crippen molar-refractivity contribution in [3.8, 4) is 0 Å². The van der Waals surface area contributed by atoms with Gasteiger partial charge in [-0.15, -0.1) is 0 Å². The molecule has 1 N–H and O–H groups in total. The fraction of sp³-hybridized carbons (Fsp3) is 0.308. The SMILES string of the molecule is CC(C)NC(=O)COC(=O)c1ccc(C=O)cc1. The first-order valence-corrected chi connectivity index (χ1v) is 5.54. The van der Waals surface area contributed by atoms with Crippen molar-refractivity contribution in [3.05, 3.63) is 35.4 Å². The summed E-state index contributed by atoms with van der Waals surface area (Å²) in [4.78, 5) is 33.2. The number of hydrogen-bond acceptors (Lipinski definition) is 4. The van der Waals surface area contributed by atoms with Crippen LogP contribution in [0.25, 0.3) is 0 Å². The van der Waals surface area contributed by atoms with Crippen LogP contribution in [0.2, 0.25) is 0 Å². The van der Waals surface area contributed by atoms with E-state index in [1.165, 1.54) is 24.3 Å². The number of hydrogen-bond donors (Lipinski definition) is 1. The molecule has 0 fully saturated rings. The molecule has 0 radical (unpaired) electrons. The van der Waals surface area contributed by atoms with Crippen LogP contribution in [0.5, 0.6) is 0 Å². The maximum absolute atomic E-state index is 11.5. The summed E-state index contributed by atoms with van der Waals surface area (Å²) in [6.07, 6.45) is 0.686. The molecule has 0 spiro atoms. The molecule has 0 aliphatic rings. The van der Waals surface area contributed by atoms with Crippen molar-refractivity contribution in [2.75, 3.05) is 6.61 Å². The maximum atomic E-state index is 11.5. The lowest BCUT2D eigenvalue weighted by atomic mass is 10.1. The molecule has 5 nitrogen and oxygen atoms in total. The van der Waals surface area contributed by atoms with Crippen LogP contribution in [0.3, 0.4) is 0 Å². The number of nitrogens with one attached hydrogen (secondary N) is 1. The largest absolute Gasteiger partial charge is 0.452 e. The topological polar surface area (TPSA) is 72.5 Å². The molecule has 0 aliphatic heterocycles. The lowest BCUT2D eigenvalue weighted by molar-refractivity contribution is -0.124. The molecule has 5 heteroatoms. The fourth-order valence-electron chi connectivity index (χ4n) is 1.28. The van der Waals surface area contributed by atoms with Gasteiger partial charge in [-0.1, -0.05) is 12.1 Å². The minimum Gasteiger partial charge on any atom is -0.452 e. The van der Waals surface area contributed by atoms with E-state index in [9.17, 15) is 14.4 Å². The van der Waals surface area contributed by atoms with Crippen LogP contribution < -0.4 is 5.32 Å². The summed E-state index contributed by atoms with van der Waals surface area (Å²) in [6.45, 7) is 3.32. The summed E-state index contributed by atoms with van der Waals surface area (Å²) < 4.78 is 4.82. The van der Waals surface area contributed by atoms with Gasteiger partial charge in [0.2, 0.25) is 0 Å². The predicted molar refractivity (Wildman–Crippen MR) is 65.4 cm³/mol. The first-order chi connectivity index (χ1) is 8.52. The summed E-state index contributed by atoms with van der Waals surface area (Å²) >= 11 is 0. The Morgan fingerprint density at radius 2 is 1.89 bits per heavy atom. The molecule has 0 bridgehead atoms. The van der Waals surface area contributed by atoms with Crippen LogP contribution in [-0.2, 0) is 9.53 Å². The molecule has 0 unspecified atom stereocenters. The molecule has 0 saturated carbocycles. The third-order valence-corrected chi connectivity index (χ3v) is 2.07. The standard InChI is InChI=1S/C13H15NO4/c1-9(2)14-12(16)8-18-13(17)11-5-3-10(7-15)4-6-11/h3-7,9H,8H2,1-2H3,(H,14,16). The van der Waals surface area contributed by atoms with Crippen LogP contribution in [0.4, 0.5) is 0 Å². The molecule has 0 aliphatic carbocycles. The van der Waals surface area contributed by atoms with Gasteiger partial charge < -0.3 is 10.1 Å². The molecule has 1 rings (SSSR count). The van der Waals surface area contributed by atoms with E-state index in [0.717, 1.165) is 0 Å². The maximum Gasteiger partial charge on any atom is 0.338 e. The highest BCUT2D eigenvalue weighted by molar-refractivity contribution is 5.92. The highest BCUT2D eigenvalue weighted by Gasteiger charge is 2.10. The molecule has 1 aromatic rings. The zero-order valence-corrected chi connectivity index (χ0v) is 10.3. The van der Waals surface area contributed by atoms with Gasteiger partial charge in [-0.2, -0.15) is 0 Å². The Kier molecular flexibility index (Phi) is 5.05. The Labute approximate surface area is 105 Å². The number of carbonyl (C=O) groups excluding carboxylic acids is 3. The van der Waals surface area contributed by atoms with Gasteiger partial charge in [0.25, 0.3) is 5.91 Å². The Morgan fingerprint density at radius 3 is 2.39 bits per heavy atom. The van der Waals surface area contributed by atoms with Crippen molar-refractivity contribution in [1.82, 2.24) is 5.32 Å². The van der Waals surface area contributed by atoms with Crippen LogP contribution in [-0.4, -0.2) is 30.8 Å². The molecule has 0 aromatic heterocycles. The number of benzene rings is 1. The minimum atomic E-state index is -0.591. The number of ether oxygens (including phenoxy) is 1. The molecule has 0 saturated heterocycles. The summed E-state index contributed by atoms with van der Waals surface area (Å²) in [5.74, 6) is -0.936. The van der Waals surface area contributed by atoms with Crippen LogP contribution in [0.15, 0.2) is 24.3 Å². The Morgan fingerprint density at radius 1 is 1.28 bits per heavy atom. The smallest absolute Gasteiger partial charge is 0.338 e. The number of carbonyl (C=O) groups is 3. The molecular formula is C13H15NO4. The summed E-state index contributed by atoms with van der Waals surface area (Å²) in [7, 11) is 0. The van der Waals surface area contributed by atoms with Gasteiger partial charge in [0.05, 0.1) is 5.56 Å². The van der Waals surface area contributed by atoms with E-state index >= 15 is 0 Å². The van der Waals surface area contributed by atoms with E-state index in [4.69, 9.17) is 4.74 Å². The van der Waals surface area contributed by atoms with Crippen LogP contribution in [0.1, 0.15) is 34.6 Å². The molecule has 1 aromatic carbocycles. The zero-order chi connectivity index (χ0) is 13.5. The lowest BCUT2D eigenvalue weighted by Crippen LogP contribution is -2.33. The van der Waals surface area contributed by atoms with Gasteiger partial charge in [0.15, 0.2) is 6.61 Å². The molecule has 0 heterocycles. The number of rotatable bonds is 5. The van der Waals surface area contributed by atoms with E-state index in [2.05, 4.69) is 5.32 Å². The van der Waals surface area contributed by atoms with E-state index in [1.54, 1.807) is 0 Å². The molecular weight excluding hydrogens is 234 g/mol. The Balaban J connectivity index is 2.49. The van der Waals surface area contributed by atoms with E-state index in [0.29, 0.717) is 17.4 Å². The highest BCUT2D eigenvalue weighted by Crippen LogP contribution is 2.04. The first-order valence-electron chi connectivity index (χ1n) is 5.54. The molecule has 96 valence electrons. The van der Waals surface area contributed by atoms with Gasteiger partial charge in [-0.3, -0.25) is 9.59 Å². The van der Waals surface area contributed by atoms with Crippen molar-refractivity contribution in [1.29, 1.82) is 0 Å². The highest BCUT2D eigenvalue weighted by atomic mass is 16.5. The van der Waals surface area contributed by atoms with Crippen molar-refractivity contribution < 1.29 is 19.1 Å². The van der Waals surface area contributed by atoms with Crippen molar-refractivity contribution >= 4 is 18.2 Å². The van der Waals surface area contributed by atoms with Gasteiger partial charge in [-0.25, -0.2) is 4.79 Å². The zero-order valence-electron chi connectivity index (χ0n) is 10.3. The predicted octanol–water partition coefficient (Wildman–Crippen LogP) is 1.18. The van der Waals surface area contributed by atoms with Crippen molar-refractivity contribution in [2.45, 2.75) is 19.9 Å². The lowest BCUT2D eigenvalue weighted by Gasteiger charge is -2.08. The van der Waals surface area contributed by atoms with E-state index in [1.807, 2.05) is 13.8 Å². The normalized spacial score (nSPS) is 9.94. The Bertz CT molecular complexity index is 437. The summed E-state index contributed by atoms with van der Waals surface area (Å²) in [5, 5.41) is 2.61. The first kappa shape index (κ1) is 13.9. The Hall–Kier alpha value is -2.17. The fourth-order valence-corrected chi connectivity index (χ4v) is 1.28.